The highest BCUT2D eigenvalue weighted by Crippen LogP contribution is 2.27. The number of anilines is 1. The van der Waals surface area contributed by atoms with E-state index >= 15 is 0 Å². The lowest BCUT2D eigenvalue weighted by molar-refractivity contribution is -0.143. The van der Waals surface area contributed by atoms with Crippen LogP contribution in [-0.4, -0.2) is 58.3 Å². The van der Waals surface area contributed by atoms with Crippen LogP contribution in [0.2, 0.25) is 0 Å². The maximum absolute atomic E-state index is 12.5. The molecule has 0 saturated carbocycles. The Bertz CT molecular complexity index is 777. The SMILES string of the molecule is CCN(CCc1ccncc1)C(=O)C(=O)Nc1nc2c(s1)CN(C)CC2. The summed E-state index contributed by atoms with van der Waals surface area (Å²) < 4.78 is 0. The topological polar surface area (TPSA) is 78.4 Å². The molecule has 26 heavy (non-hydrogen) atoms. The van der Waals surface area contributed by atoms with E-state index in [1.807, 2.05) is 19.1 Å². The lowest BCUT2D eigenvalue weighted by atomic mass is 10.2. The highest BCUT2D eigenvalue weighted by Gasteiger charge is 2.24. The van der Waals surface area contributed by atoms with Crippen molar-refractivity contribution in [3.63, 3.8) is 0 Å². The first-order chi connectivity index (χ1) is 12.6. The van der Waals surface area contributed by atoms with Gasteiger partial charge in [-0.25, -0.2) is 4.98 Å². The Labute approximate surface area is 157 Å². The number of amides is 2. The van der Waals surface area contributed by atoms with Crippen LogP contribution >= 0.6 is 11.3 Å². The van der Waals surface area contributed by atoms with Crippen LogP contribution in [0.1, 0.15) is 23.1 Å². The summed E-state index contributed by atoms with van der Waals surface area (Å²) in [4.78, 5) is 38.2. The van der Waals surface area contributed by atoms with E-state index in [-0.39, 0.29) is 0 Å². The number of nitrogens with zero attached hydrogens (tertiary/aromatic N) is 4. The molecule has 0 spiro atoms. The molecule has 3 rings (SSSR count). The number of rotatable bonds is 5. The molecule has 0 bridgehead atoms. The molecular weight excluding hydrogens is 350 g/mol. The first kappa shape index (κ1) is 18.5. The zero-order chi connectivity index (χ0) is 18.5. The maximum Gasteiger partial charge on any atom is 0.315 e. The molecule has 1 aliphatic rings. The first-order valence-corrected chi connectivity index (χ1v) is 9.54. The summed E-state index contributed by atoms with van der Waals surface area (Å²) in [5.74, 6) is -1.15. The molecule has 7 nitrogen and oxygen atoms in total. The smallest absolute Gasteiger partial charge is 0.315 e. The lowest BCUT2D eigenvalue weighted by Gasteiger charge is -2.20. The van der Waals surface area contributed by atoms with Crippen LogP contribution in [0, 0.1) is 0 Å². The highest BCUT2D eigenvalue weighted by molar-refractivity contribution is 7.16. The lowest BCUT2D eigenvalue weighted by Crippen LogP contribution is -2.40. The minimum absolute atomic E-state index is 0.483. The Kier molecular flexibility index (Phi) is 5.95. The fourth-order valence-electron chi connectivity index (χ4n) is 2.89. The Hall–Kier alpha value is -2.32. The molecule has 2 aromatic rings. The van der Waals surface area contributed by atoms with Crippen molar-refractivity contribution in [3.8, 4) is 0 Å². The fourth-order valence-corrected chi connectivity index (χ4v) is 3.97. The van der Waals surface area contributed by atoms with Gasteiger partial charge in [-0.1, -0.05) is 0 Å². The molecule has 1 N–H and O–H groups in total. The van der Waals surface area contributed by atoms with Crippen molar-refractivity contribution < 1.29 is 9.59 Å². The highest BCUT2D eigenvalue weighted by atomic mass is 32.1. The summed E-state index contributed by atoms with van der Waals surface area (Å²) in [5.41, 5.74) is 2.12. The van der Waals surface area contributed by atoms with Crippen molar-refractivity contribution in [2.75, 3.05) is 32.0 Å². The van der Waals surface area contributed by atoms with Gasteiger partial charge in [0.25, 0.3) is 0 Å². The van der Waals surface area contributed by atoms with E-state index in [0.29, 0.717) is 24.6 Å². The summed E-state index contributed by atoms with van der Waals surface area (Å²) in [6.07, 6.45) is 5.01. The number of carbonyl (C=O) groups is 2. The van der Waals surface area contributed by atoms with Gasteiger partial charge < -0.3 is 9.80 Å². The van der Waals surface area contributed by atoms with Gasteiger partial charge in [0, 0.05) is 49.9 Å². The number of hydrogen-bond acceptors (Lipinski definition) is 6. The van der Waals surface area contributed by atoms with Crippen molar-refractivity contribution >= 4 is 28.3 Å². The number of nitrogens with one attached hydrogen (secondary N) is 1. The van der Waals surface area contributed by atoms with Crippen molar-refractivity contribution in [3.05, 3.63) is 40.7 Å². The molecule has 0 atom stereocenters. The molecule has 3 heterocycles. The Morgan fingerprint density at radius 3 is 2.85 bits per heavy atom. The van der Waals surface area contributed by atoms with Crippen molar-refractivity contribution in [1.29, 1.82) is 0 Å². The van der Waals surface area contributed by atoms with Gasteiger partial charge in [0.2, 0.25) is 0 Å². The van der Waals surface area contributed by atoms with E-state index in [0.717, 1.165) is 35.6 Å². The number of carbonyl (C=O) groups excluding carboxylic acids is 2. The first-order valence-electron chi connectivity index (χ1n) is 8.73. The van der Waals surface area contributed by atoms with Crippen LogP contribution in [-0.2, 0) is 29.0 Å². The summed E-state index contributed by atoms with van der Waals surface area (Å²) in [6, 6.07) is 3.82. The zero-order valence-corrected chi connectivity index (χ0v) is 15.9. The van der Waals surface area contributed by atoms with E-state index in [1.165, 1.54) is 11.3 Å². The molecule has 1 aliphatic heterocycles. The molecule has 0 fully saturated rings. The van der Waals surface area contributed by atoms with Crippen LogP contribution < -0.4 is 5.32 Å². The van der Waals surface area contributed by atoms with E-state index in [4.69, 9.17) is 0 Å². The molecular formula is C18H23N5O2S. The molecule has 138 valence electrons. The number of thiazole rings is 1. The molecule has 2 aromatic heterocycles. The Morgan fingerprint density at radius 1 is 1.35 bits per heavy atom. The standard InChI is InChI=1S/C18H23N5O2S/c1-3-23(11-6-13-4-8-19-9-5-13)17(25)16(24)21-18-20-14-7-10-22(2)12-15(14)26-18/h4-5,8-9H,3,6-7,10-12H2,1-2H3,(H,20,21,24). The minimum atomic E-state index is -0.624. The second kappa shape index (κ2) is 8.37. The van der Waals surface area contributed by atoms with Crippen LogP contribution in [0.25, 0.3) is 0 Å². The molecule has 0 aromatic carbocycles. The van der Waals surface area contributed by atoms with Crippen LogP contribution in [0.5, 0.6) is 0 Å². The number of pyridine rings is 1. The number of hydrogen-bond donors (Lipinski definition) is 1. The Balaban J connectivity index is 1.58. The van der Waals surface area contributed by atoms with Gasteiger partial charge in [0.05, 0.1) is 5.69 Å². The monoisotopic (exact) mass is 373 g/mol. The van der Waals surface area contributed by atoms with Crippen LogP contribution in [0.15, 0.2) is 24.5 Å². The number of aromatic nitrogens is 2. The molecule has 0 aliphatic carbocycles. The largest absolute Gasteiger partial charge is 0.334 e. The predicted octanol–water partition coefficient (Wildman–Crippen LogP) is 1.56. The van der Waals surface area contributed by atoms with E-state index in [2.05, 4.69) is 27.2 Å². The van der Waals surface area contributed by atoms with Crippen molar-refractivity contribution in [1.82, 2.24) is 19.8 Å². The quantitative estimate of drug-likeness (QED) is 0.805. The minimum Gasteiger partial charge on any atom is -0.334 e. The van der Waals surface area contributed by atoms with Gasteiger partial charge in [0.1, 0.15) is 0 Å². The van der Waals surface area contributed by atoms with Crippen LogP contribution in [0.4, 0.5) is 5.13 Å². The fraction of sp³-hybridized carbons (Fsp3) is 0.444. The average molecular weight is 373 g/mol. The van der Waals surface area contributed by atoms with E-state index in [1.54, 1.807) is 17.3 Å². The average Bonchev–Trinajstić information content (AvgIpc) is 3.04. The third-order valence-electron chi connectivity index (χ3n) is 4.43. The molecule has 0 saturated heterocycles. The van der Waals surface area contributed by atoms with Gasteiger partial charge in [-0.2, -0.15) is 0 Å². The number of likely N-dealkylation sites (N-methyl/N-ethyl adjacent to an activating group) is 2. The second-order valence-corrected chi connectivity index (χ2v) is 7.40. The zero-order valence-electron chi connectivity index (χ0n) is 15.1. The van der Waals surface area contributed by atoms with E-state index in [9.17, 15) is 9.59 Å². The van der Waals surface area contributed by atoms with Gasteiger partial charge in [-0.05, 0) is 38.1 Å². The molecule has 2 amide bonds. The normalized spacial score (nSPS) is 13.9. The summed E-state index contributed by atoms with van der Waals surface area (Å²) >= 11 is 1.45. The Morgan fingerprint density at radius 2 is 2.12 bits per heavy atom. The summed E-state index contributed by atoms with van der Waals surface area (Å²) in [6.45, 7) is 4.64. The van der Waals surface area contributed by atoms with Gasteiger partial charge in [-0.15, -0.1) is 11.3 Å². The second-order valence-electron chi connectivity index (χ2n) is 6.32. The van der Waals surface area contributed by atoms with E-state index < -0.39 is 11.8 Å². The summed E-state index contributed by atoms with van der Waals surface area (Å²) in [7, 11) is 2.06. The molecule has 0 unspecified atom stereocenters. The molecule has 8 heteroatoms. The third-order valence-corrected chi connectivity index (χ3v) is 5.42. The molecule has 0 radical (unpaired) electrons. The van der Waals surface area contributed by atoms with Gasteiger partial charge >= 0.3 is 11.8 Å². The maximum atomic E-state index is 12.5. The third kappa shape index (κ3) is 4.44. The van der Waals surface area contributed by atoms with Crippen molar-refractivity contribution in [2.45, 2.75) is 26.3 Å². The van der Waals surface area contributed by atoms with Gasteiger partial charge in [-0.3, -0.25) is 19.9 Å². The number of fused-ring (bicyclic) bond motifs is 1. The van der Waals surface area contributed by atoms with Crippen molar-refractivity contribution in [2.24, 2.45) is 0 Å². The summed E-state index contributed by atoms with van der Waals surface area (Å²) in [5, 5.41) is 3.18. The van der Waals surface area contributed by atoms with Crippen LogP contribution in [0.3, 0.4) is 0 Å². The predicted molar refractivity (Wildman–Crippen MR) is 101 cm³/mol. The van der Waals surface area contributed by atoms with Gasteiger partial charge in [0.15, 0.2) is 5.13 Å².